The van der Waals surface area contributed by atoms with E-state index in [1.165, 1.54) is 0 Å². The topological polar surface area (TPSA) is 41.6 Å². The summed E-state index contributed by atoms with van der Waals surface area (Å²) in [6.45, 7) is 11.6. The summed E-state index contributed by atoms with van der Waals surface area (Å²) >= 11 is 0. The molecular weight excluding hydrogens is 162 g/mol. The van der Waals surface area contributed by atoms with E-state index in [9.17, 15) is 0 Å². The average Bonchev–Trinajstić information content (AvgIpc) is 2.14. The Hall–Kier alpha value is -1.25. The highest BCUT2D eigenvalue weighted by Crippen LogP contribution is 1.91. The van der Waals surface area contributed by atoms with Crippen LogP contribution in [-0.2, 0) is 0 Å². The zero-order valence-corrected chi connectivity index (χ0v) is 8.37. The lowest BCUT2D eigenvalue weighted by Crippen LogP contribution is -2.38. The Labute approximate surface area is 80.6 Å². The summed E-state index contributed by atoms with van der Waals surface area (Å²) in [4.78, 5) is 6.13. The fourth-order valence-electron chi connectivity index (χ4n) is 0.983. The maximum absolute atomic E-state index is 5.76. The van der Waals surface area contributed by atoms with Gasteiger partial charge in [0.1, 0.15) is 0 Å². The summed E-state index contributed by atoms with van der Waals surface area (Å²) in [5, 5.41) is 0. The lowest BCUT2D eigenvalue weighted by Gasteiger charge is -2.20. The van der Waals surface area contributed by atoms with E-state index in [0.29, 0.717) is 12.5 Å². The van der Waals surface area contributed by atoms with Gasteiger partial charge in [0.25, 0.3) is 0 Å². The predicted molar refractivity (Wildman–Crippen MR) is 58.7 cm³/mol. The van der Waals surface area contributed by atoms with Gasteiger partial charge in [0, 0.05) is 13.1 Å². The Balaban J connectivity index is 4.15. The van der Waals surface area contributed by atoms with Crippen LogP contribution in [0, 0.1) is 0 Å². The Morgan fingerprint density at radius 3 is 2.62 bits per heavy atom. The summed E-state index contributed by atoms with van der Waals surface area (Å²) < 4.78 is 0. The lowest BCUT2D eigenvalue weighted by molar-refractivity contribution is 0.453. The number of nitrogens with two attached hydrogens (primary N) is 1. The minimum atomic E-state index is 0.571. The van der Waals surface area contributed by atoms with Crippen LogP contribution in [0.5, 0.6) is 0 Å². The second-order valence-corrected chi connectivity index (χ2v) is 2.72. The van der Waals surface area contributed by atoms with Crippen LogP contribution in [0.2, 0.25) is 0 Å². The van der Waals surface area contributed by atoms with E-state index in [1.54, 1.807) is 6.08 Å². The van der Waals surface area contributed by atoms with Gasteiger partial charge in [-0.15, -0.1) is 13.2 Å². The first-order valence-corrected chi connectivity index (χ1v) is 4.52. The Bertz CT molecular complexity index is 185. The van der Waals surface area contributed by atoms with Crippen LogP contribution in [0.15, 0.2) is 30.3 Å². The first kappa shape index (κ1) is 11.8. The highest BCUT2D eigenvalue weighted by molar-refractivity contribution is 5.78. The Morgan fingerprint density at radius 1 is 1.46 bits per heavy atom. The quantitative estimate of drug-likeness (QED) is 0.382. The van der Waals surface area contributed by atoms with Crippen molar-refractivity contribution in [2.45, 2.75) is 13.3 Å². The van der Waals surface area contributed by atoms with Gasteiger partial charge < -0.3 is 10.6 Å². The fraction of sp³-hybridized carbons (Fsp3) is 0.500. The van der Waals surface area contributed by atoms with Crippen LogP contribution < -0.4 is 5.73 Å². The van der Waals surface area contributed by atoms with Crippen molar-refractivity contribution in [2.75, 3.05) is 19.6 Å². The van der Waals surface area contributed by atoms with Crippen molar-refractivity contribution < 1.29 is 0 Å². The van der Waals surface area contributed by atoms with Crippen molar-refractivity contribution in [2.24, 2.45) is 10.7 Å². The molecule has 0 aromatic heterocycles. The molecule has 0 saturated heterocycles. The van der Waals surface area contributed by atoms with Crippen molar-refractivity contribution in [3.63, 3.8) is 0 Å². The molecule has 3 nitrogen and oxygen atoms in total. The summed E-state index contributed by atoms with van der Waals surface area (Å²) in [5.74, 6) is 0.571. The molecule has 0 amide bonds. The average molecular weight is 181 g/mol. The highest BCUT2D eigenvalue weighted by Gasteiger charge is 2.02. The number of hydrogen-bond donors (Lipinski definition) is 1. The third-order valence-electron chi connectivity index (χ3n) is 1.55. The van der Waals surface area contributed by atoms with Crippen LogP contribution in [0.4, 0.5) is 0 Å². The predicted octanol–water partition coefficient (Wildman–Crippen LogP) is 1.39. The third kappa shape index (κ3) is 5.06. The van der Waals surface area contributed by atoms with Gasteiger partial charge in [0.15, 0.2) is 5.96 Å². The number of guanidine groups is 1. The summed E-state index contributed by atoms with van der Waals surface area (Å²) in [6, 6.07) is 0. The van der Waals surface area contributed by atoms with E-state index >= 15 is 0 Å². The molecule has 0 radical (unpaired) electrons. The first-order valence-electron chi connectivity index (χ1n) is 4.52. The largest absolute Gasteiger partial charge is 0.370 e. The maximum atomic E-state index is 5.76. The van der Waals surface area contributed by atoms with E-state index in [1.807, 2.05) is 11.0 Å². The molecule has 0 aliphatic heterocycles. The van der Waals surface area contributed by atoms with Crippen molar-refractivity contribution in [1.82, 2.24) is 4.90 Å². The molecule has 0 aromatic rings. The number of aliphatic imine (C=N–C) groups is 1. The molecule has 2 N–H and O–H groups in total. The maximum Gasteiger partial charge on any atom is 0.191 e. The van der Waals surface area contributed by atoms with E-state index in [0.717, 1.165) is 19.5 Å². The second-order valence-electron chi connectivity index (χ2n) is 2.72. The smallest absolute Gasteiger partial charge is 0.191 e. The van der Waals surface area contributed by atoms with E-state index in [2.05, 4.69) is 25.1 Å². The SMILES string of the molecule is C=CCN=C(N)N(CC=C)CCC. The van der Waals surface area contributed by atoms with Gasteiger partial charge in [-0.05, 0) is 6.42 Å². The summed E-state index contributed by atoms with van der Waals surface area (Å²) in [7, 11) is 0. The molecule has 0 aliphatic rings. The van der Waals surface area contributed by atoms with Crippen molar-refractivity contribution in [3.05, 3.63) is 25.3 Å². The zero-order valence-electron chi connectivity index (χ0n) is 8.37. The number of hydrogen-bond acceptors (Lipinski definition) is 1. The van der Waals surface area contributed by atoms with E-state index < -0.39 is 0 Å². The van der Waals surface area contributed by atoms with Crippen LogP contribution in [0.1, 0.15) is 13.3 Å². The molecule has 0 saturated carbocycles. The fourth-order valence-corrected chi connectivity index (χ4v) is 0.983. The standard InChI is InChI=1S/C10H19N3/c1-4-7-12-10(11)13(8-5-2)9-6-3/h4-5H,1-2,6-9H2,3H3,(H2,11,12). The normalized spacial score (nSPS) is 11.0. The molecule has 0 unspecified atom stereocenters. The Morgan fingerprint density at radius 2 is 2.15 bits per heavy atom. The molecule has 0 spiro atoms. The van der Waals surface area contributed by atoms with E-state index in [-0.39, 0.29) is 0 Å². The third-order valence-corrected chi connectivity index (χ3v) is 1.55. The second kappa shape index (κ2) is 7.40. The summed E-state index contributed by atoms with van der Waals surface area (Å²) in [5.41, 5.74) is 5.76. The molecule has 0 fully saturated rings. The minimum Gasteiger partial charge on any atom is -0.370 e. The van der Waals surface area contributed by atoms with Crippen LogP contribution >= 0.6 is 0 Å². The van der Waals surface area contributed by atoms with Gasteiger partial charge in [0.05, 0.1) is 6.54 Å². The van der Waals surface area contributed by atoms with Gasteiger partial charge >= 0.3 is 0 Å². The number of nitrogens with zero attached hydrogens (tertiary/aromatic N) is 2. The van der Waals surface area contributed by atoms with Crippen molar-refractivity contribution in [1.29, 1.82) is 0 Å². The van der Waals surface area contributed by atoms with Crippen LogP contribution in [0.3, 0.4) is 0 Å². The lowest BCUT2D eigenvalue weighted by atomic mass is 10.4. The molecule has 0 aliphatic carbocycles. The van der Waals surface area contributed by atoms with Gasteiger partial charge in [-0.3, -0.25) is 0 Å². The molecule has 0 heterocycles. The van der Waals surface area contributed by atoms with Gasteiger partial charge in [0.2, 0.25) is 0 Å². The number of rotatable bonds is 6. The molecule has 0 aromatic carbocycles. The molecule has 3 heteroatoms. The van der Waals surface area contributed by atoms with Gasteiger partial charge in [-0.2, -0.15) is 0 Å². The molecule has 0 rings (SSSR count). The van der Waals surface area contributed by atoms with Gasteiger partial charge in [-0.25, -0.2) is 4.99 Å². The van der Waals surface area contributed by atoms with Crippen LogP contribution in [-0.4, -0.2) is 30.5 Å². The van der Waals surface area contributed by atoms with Crippen LogP contribution in [0.25, 0.3) is 0 Å². The molecule has 74 valence electrons. The first-order chi connectivity index (χ1) is 6.26. The molecule has 0 atom stereocenters. The Kier molecular flexibility index (Phi) is 6.69. The molecular formula is C10H19N3. The van der Waals surface area contributed by atoms with Gasteiger partial charge in [-0.1, -0.05) is 19.1 Å². The highest BCUT2D eigenvalue weighted by atomic mass is 15.2. The van der Waals surface area contributed by atoms with E-state index in [4.69, 9.17) is 5.73 Å². The zero-order chi connectivity index (χ0) is 10.1. The summed E-state index contributed by atoms with van der Waals surface area (Å²) in [6.07, 6.45) is 4.61. The van der Waals surface area contributed by atoms with Crippen molar-refractivity contribution >= 4 is 5.96 Å². The minimum absolute atomic E-state index is 0.571. The monoisotopic (exact) mass is 181 g/mol. The molecule has 13 heavy (non-hydrogen) atoms. The molecule has 0 bridgehead atoms. The van der Waals surface area contributed by atoms with Crippen molar-refractivity contribution in [3.8, 4) is 0 Å².